The molecule has 1 saturated heterocycles. The molecule has 1 fully saturated rings. The minimum absolute atomic E-state index is 0.0119. The normalized spacial score (nSPS) is 15.6. The second-order valence-corrected chi connectivity index (χ2v) is 6.81. The minimum Gasteiger partial charge on any atom is -0.340 e. The molecule has 5 heteroatoms. The second kappa shape index (κ2) is 8.83. The molecule has 132 valence electrons. The summed E-state index contributed by atoms with van der Waals surface area (Å²) < 4.78 is 0. The number of hydrogen-bond acceptors (Lipinski definition) is 3. The van der Waals surface area contributed by atoms with Gasteiger partial charge in [-0.15, -0.1) is 0 Å². The Morgan fingerprint density at radius 3 is 2.42 bits per heavy atom. The molecule has 0 saturated carbocycles. The monoisotopic (exact) mass is 331 g/mol. The molecule has 0 bridgehead atoms. The molecular formula is C19H29N3O2. The van der Waals surface area contributed by atoms with Gasteiger partial charge in [-0.25, -0.2) is 0 Å². The van der Waals surface area contributed by atoms with Crippen LogP contribution in [-0.4, -0.2) is 54.3 Å². The van der Waals surface area contributed by atoms with Crippen molar-refractivity contribution in [1.29, 1.82) is 0 Å². The van der Waals surface area contributed by atoms with Crippen molar-refractivity contribution in [1.82, 2.24) is 9.80 Å². The summed E-state index contributed by atoms with van der Waals surface area (Å²) in [5, 5.41) is 3.01. The van der Waals surface area contributed by atoms with Crippen LogP contribution in [0.1, 0.15) is 32.8 Å². The summed E-state index contributed by atoms with van der Waals surface area (Å²) in [7, 11) is 0. The van der Waals surface area contributed by atoms with Crippen LogP contribution >= 0.6 is 0 Å². The van der Waals surface area contributed by atoms with Crippen LogP contribution in [0.5, 0.6) is 0 Å². The van der Waals surface area contributed by atoms with Crippen molar-refractivity contribution in [2.24, 2.45) is 5.92 Å². The molecule has 0 aromatic heterocycles. The van der Waals surface area contributed by atoms with Gasteiger partial charge in [0.2, 0.25) is 11.8 Å². The molecule has 2 rings (SSSR count). The van der Waals surface area contributed by atoms with E-state index < -0.39 is 0 Å². The zero-order valence-corrected chi connectivity index (χ0v) is 15.0. The van der Waals surface area contributed by atoms with Gasteiger partial charge in [-0.05, 0) is 24.0 Å². The van der Waals surface area contributed by atoms with E-state index in [2.05, 4.69) is 31.0 Å². The van der Waals surface area contributed by atoms with Gasteiger partial charge >= 0.3 is 0 Å². The standard InChI is InChI=1S/C19H29N3O2/c1-4-16-7-5-6-8-17(16)20-18(23)14-21-9-11-22(12-10-21)19(24)13-15(2)3/h5-8,15H,4,9-14H2,1-3H3,(H,20,23). The molecule has 1 aliphatic rings. The van der Waals surface area contributed by atoms with Crippen LogP contribution in [0.2, 0.25) is 0 Å². The number of benzene rings is 1. The first-order valence-corrected chi connectivity index (χ1v) is 8.87. The second-order valence-electron chi connectivity index (χ2n) is 6.81. The summed E-state index contributed by atoms with van der Waals surface area (Å²) in [5.41, 5.74) is 2.05. The van der Waals surface area contributed by atoms with Gasteiger partial charge in [0.1, 0.15) is 0 Å². The Morgan fingerprint density at radius 1 is 1.12 bits per heavy atom. The zero-order valence-electron chi connectivity index (χ0n) is 15.0. The predicted molar refractivity (Wildman–Crippen MR) is 96.9 cm³/mol. The lowest BCUT2D eigenvalue weighted by molar-refractivity contribution is -0.133. The SMILES string of the molecule is CCc1ccccc1NC(=O)CN1CCN(C(=O)CC(C)C)CC1. The number of nitrogens with zero attached hydrogens (tertiary/aromatic N) is 2. The molecule has 2 amide bonds. The van der Waals surface area contributed by atoms with Crippen LogP contribution in [0.15, 0.2) is 24.3 Å². The van der Waals surface area contributed by atoms with E-state index in [9.17, 15) is 9.59 Å². The summed E-state index contributed by atoms with van der Waals surface area (Å²) in [4.78, 5) is 28.4. The smallest absolute Gasteiger partial charge is 0.238 e. The number of anilines is 1. The van der Waals surface area contributed by atoms with Crippen molar-refractivity contribution in [2.75, 3.05) is 38.0 Å². The maximum absolute atomic E-state index is 12.3. The van der Waals surface area contributed by atoms with E-state index in [1.807, 2.05) is 29.2 Å². The quantitative estimate of drug-likeness (QED) is 0.871. The van der Waals surface area contributed by atoms with Crippen molar-refractivity contribution in [3.63, 3.8) is 0 Å². The Balaban J connectivity index is 1.79. The number of piperazine rings is 1. The van der Waals surface area contributed by atoms with E-state index in [0.717, 1.165) is 30.8 Å². The molecule has 1 N–H and O–H groups in total. The topological polar surface area (TPSA) is 52.7 Å². The first-order valence-electron chi connectivity index (χ1n) is 8.87. The number of aryl methyl sites for hydroxylation is 1. The largest absolute Gasteiger partial charge is 0.340 e. The molecule has 1 aromatic rings. The van der Waals surface area contributed by atoms with Gasteiger partial charge in [0.25, 0.3) is 0 Å². The van der Waals surface area contributed by atoms with Crippen molar-refractivity contribution >= 4 is 17.5 Å². The number of nitrogens with one attached hydrogen (secondary N) is 1. The van der Waals surface area contributed by atoms with E-state index in [4.69, 9.17) is 0 Å². The van der Waals surface area contributed by atoms with Gasteiger partial charge in [-0.1, -0.05) is 39.0 Å². The number of carbonyl (C=O) groups excluding carboxylic acids is 2. The van der Waals surface area contributed by atoms with Gasteiger partial charge in [0.05, 0.1) is 6.54 Å². The number of rotatable bonds is 6. The van der Waals surface area contributed by atoms with Crippen molar-refractivity contribution in [2.45, 2.75) is 33.6 Å². The van der Waals surface area contributed by atoms with Crippen LogP contribution in [0.3, 0.4) is 0 Å². The molecule has 0 atom stereocenters. The summed E-state index contributed by atoms with van der Waals surface area (Å²) in [6.07, 6.45) is 1.50. The molecule has 0 radical (unpaired) electrons. The number of hydrogen-bond donors (Lipinski definition) is 1. The van der Waals surface area contributed by atoms with Gasteiger partial charge in [0, 0.05) is 38.3 Å². The fourth-order valence-corrected chi connectivity index (χ4v) is 2.98. The summed E-state index contributed by atoms with van der Waals surface area (Å²) >= 11 is 0. The highest BCUT2D eigenvalue weighted by Crippen LogP contribution is 2.15. The van der Waals surface area contributed by atoms with Gasteiger partial charge in [-0.3, -0.25) is 14.5 Å². The summed E-state index contributed by atoms with van der Waals surface area (Å²) in [6.45, 7) is 9.52. The Labute approximate surface area is 145 Å². The van der Waals surface area contributed by atoms with Crippen LogP contribution in [0, 0.1) is 5.92 Å². The summed E-state index contributed by atoms with van der Waals surface area (Å²) in [5.74, 6) is 0.628. The average Bonchev–Trinajstić information content (AvgIpc) is 2.55. The first kappa shape index (κ1) is 18.5. The lowest BCUT2D eigenvalue weighted by Crippen LogP contribution is -2.50. The van der Waals surface area contributed by atoms with Crippen LogP contribution in [0.25, 0.3) is 0 Å². The van der Waals surface area contributed by atoms with Crippen LogP contribution in [0.4, 0.5) is 5.69 Å². The third kappa shape index (κ3) is 5.34. The molecule has 1 aliphatic heterocycles. The number of carbonyl (C=O) groups is 2. The fourth-order valence-electron chi connectivity index (χ4n) is 2.98. The van der Waals surface area contributed by atoms with E-state index in [1.165, 1.54) is 0 Å². The minimum atomic E-state index is 0.0119. The molecule has 1 aromatic carbocycles. The Hall–Kier alpha value is -1.88. The maximum Gasteiger partial charge on any atom is 0.238 e. The Bertz CT molecular complexity index is 563. The number of para-hydroxylation sites is 1. The predicted octanol–water partition coefficient (Wildman–Crippen LogP) is 2.38. The molecular weight excluding hydrogens is 302 g/mol. The van der Waals surface area contributed by atoms with Gasteiger partial charge < -0.3 is 10.2 Å². The highest BCUT2D eigenvalue weighted by molar-refractivity contribution is 5.93. The molecule has 5 nitrogen and oxygen atoms in total. The summed E-state index contributed by atoms with van der Waals surface area (Å²) in [6, 6.07) is 7.91. The maximum atomic E-state index is 12.3. The van der Waals surface area contributed by atoms with Crippen LogP contribution < -0.4 is 5.32 Å². The highest BCUT2D eigenvalue weighted by atomic mass is 16.2. The lowest BCUT2D eigenvalue weighted by atomic mass is 10.1. The highest BCUT2D eigenvalue weighted by Gasteiger charge is 2.22. The average molecular weight is 331 g/mol. The van der Waals surface area contributed by atoms with E-state index >= 15 is 0 Å². The first-order chi connectivity index (χ1) is 11.5. The van der Waals surface area contributed by atoms with Crippen molar-refractivity contribution in [3.8, 4) is 0 Å². The van der Waals surface area contributed by atoms with Crippen molar-refractivity contribution in [3.05, 3.63) is 29.8 Å². The molecule has 0 spiro atoms. The third-order valence-electron chi connectivity index (χ3n) is 4.35. The van der Waals surface area contributed by atoms with E-state index in [1.54, 1.807) is 0 Å². The number of amides is 2. The molecule has 1 heterocycles. The van der Waals surface area contributed by atoms with Gasteiger partial charge in [-0.2, -0.15) is 0 Å². The van der Waals surface area contributed by atoms with Crippen LogP contribution in [-0.2, 0) is 16.0 Å². The zero-order chi connectivity index (χ0) is 17.5. The third-order valence-corrected chi connectivity index (χ3v) is 4.35. The lowest BCUT2D eigenvalue weighted by Gasteiger charge is -2.34. The van der Waals surface area contributed by atoms with E-state index in [0.29, 0.717) is 32.0 Å². The van der Waals surface area contributed by atoms with E-state index in [-0.39, 0.29) is 11.8 Å². The molecule has 24 heavy (non-hydrogen) atoms. The molecule has 0 aliphatic carbocycles. The van der Waals surface area contributed by atoms with Crippen molar-refractivity contribution < 1.29 is 9.59 Å². The fraction of sp³-hybridized carbons (Fsp3) is 0.579. The Kier molecular flexibility index (Phi) is 6.79. The van der Waals surface area contributed by atoms with Gasteiger partial charge in [0.15, 0.2) is 0 Å². The Morgan fingerprint density at radius 2 is 1.79 bits per heavy atom. The molecule has 0 unspecified atom stereocenters.